The minimum absolute atomic E-state index is 0.0412. The third-order valence-electron chi connectivity index (χ3n) is 3.79. The van der Waals surface area contributed by atoms with E-state index in [0.717, 1.165) is 0 Å². The maximum atomic E-state index is 12.8. The Balaban J connectivity index is 2.13. The molecule has 0 saturated carbocycles. The maximum Gasteiger partial charge on any atom is 0.407 e. The van der Waals surface area contributed by atoms with Crippen molar-refractivity contribution in [3.63, 3.8) is 0 Å². The van der Waals surface area contributed by atoms with Crippen LogP contribution >= 0.6 is 11.6 Å². The van der Waals surface area contributed by atoms with Gasteiger partial charge < -0.3 is 19.5 Å². The molecule has 0 fully saturated rings. The molecule has 0 spiro atoms. The molecule has 0 unspecified atom stereocenters. The predicted molar refractivity (Wildman–Crippen MR) is 115 cm³/mol. The molecule has 0 heterocycles. The topological polar surface area (TPSA) is 103 Å². The Morgan fingerprint density at radius 2 is 1.63 bits per heavy atom. The highest BCUT2D eigenvalue weighted by atomic mass is 35.5. The van der Waals surface area contributed by atoms with Gasteiger partial charge in [-0.3, -0.25) is 4.72 Å². The molecule has 0 radical (unpaired) electrons. The lowest BCUT2D eigenvalue weighted by Crippen LogP contribution is -2.32. The van der Waals surface area contributed by atoms with Crippen molar-refractivity contribution >= 4 is 33.4 Å². The van der Waals surface area contributed by atoms with Gasteiger partial charge in [0, 0.05) is 18.7 Å². The van der Waals surface area contributed by atoms with E-state index in [1.165, 1.54) is 38.5 Å². The monoisotopic (exact) mass is 456 g/mol. The number of sulfonamides is 1. The van der Waals surface area contributed by atoms with Crippen LogP contribution in [0.1, 0.15) is 26.3 Å². The molecule has 0 aromatic heterocycles. The number of carbonyl (C=O) groups is 1. The van der Waals surface area contributed by atoms with Gasteiger partial charge in [0.25, 0.3) is 10.0 Å². The van der Waals surface area contributed by atoms with Gasteiger partial charge in [-0.15, -0.1) is 0 Å². The Labute approximate surface area is 181 Å². The largest absolute Gasteiger partial charge is 0.495 e. The Kier molecular flexibility index (Phi) is 7.44. The molecule has 0 aliphatic carbocycles. The molecule has 0 aliphatic heterocycles. The highest BCUT2D eigenvalue weighted by Crippen LogP contribution is 2.36. The highest BCUT2D eigenvalue weighted by molar-refractivity contribution is 7.92. The fourth-order valence-electron chi connectivity index (χ4n) is 2.42. The van der Waals surface area contributed by atoms with Crippen LogP contribution in [-0.2, 0) is 21.3 Å². The molecule has 1 amide bonds. The number of carbonyl (C=O) groups excluding carboxylic acids is 1. The van der Waals surface area contributed by atoms with Crippen LogP contribution in [0.3, 0.4) is 0 Å². The number of halogens is 1. The van der Waals surface area contributed by atoms with E-state index in [4.69, 9.17) is 25.8 Å². The number of ether oxygens (including phenoxy) is 3. The van der Waals surface area contributed by atoms with Crippen LogP contribution in [0, 0.1) is 0 Å². The molecule has 2 aromatic carbocycles. The van der Waals surface area contributed by atoms with Crippen molar-refractivity contribution in [1.29, 1.82) is 0 Å². The summed E-state index contributed by atoms with van der Waals surface area (Å²) >= 11 is 6.05. The summed E-state index contributed by atoms with van der Waals surface area (Å²) in [5.41, 5.74) is 0.305. The third kappa shape index (κ3) is 6.43. The van der Waals surface area contributed by atoms with E-state index in [-0.39, 0.29) is 22.9 Å². The van der Waals surface area contributed by atoms with Crippen molar-refractivity contribution < 1.29 is 27.4 Å². The zero-order chi connectivity index (χ0) is 22.5. The molecule has 10 heteroatoms. The molecule has 2 N–H and O–H groups in total. The molecule has 0 saturated heterocycles. The van der Waals surface area contributed by atoms with E-state index in [1.54, 1.807) is 32.9 Å². The van der Waals surface area contributed by atoms with Gasteiger partial charge in [0.15, 0.2) is 0 Å². The van der Waals surface area contributed by atoms with Gasteiger partial charge >= 0.3 is 6.09 Å². The predicted octanol–water partition coefficient (Wildman–Crippen LogP) is 4.18. The number of rotatable bonds is 7. The number of alkyl carbamates (subject to hydrolysis) is 1. The van der Waals surface area contributed by atoms with Crippen LogP contribution in [0.4, 0.5) is 10.5 Å². The quantitative estimate of drug-likeness (QED) is 0.647. The van der Waals surface area contributed by atoms with E-state index >= 15 is 0 Å². The van der Waals surface area contributed by atoms with Crippen LogP contribution in [0.25, 0.3) is 0 Å². The second-order valence-corrected chi connectivity index (χ2v) is 9.38. The number of methoxy groups -OCH3 is 2. The van der Waals surface area contributed by atoms with Crippen LogP contribution in [0.15, 0.2) is 41.3 Å². The second-order valence-electron chi connectivity index (χ2n) is 7.29. The second kappa shape index (κ2) is 9.44. The molecule has 2 rings (SSSR count). The SMILES string of the molecule is COc1cc(NS(=O)(=O)c2ccc(CNC(=O)OC(C)(C)C)cc2)c(OC)cc1Cl. The normalized spacial score (nSPS) is 11.5. The molecular formula is C20H25ClN2O6S. The number of amides is 1. The van der Waals surface area contributed by atoms with Crippen molar-refractivity contribution in [3.05, 3.63) is 47.0 Å². The Hall–Kier alpha value is -2.65. The minimum Gasteiger partial charge on any atom is -0.495 e. The maximum absolute atomic E-state index is 12.8. The molecule has 0 atom stereocenters. The lowest BCUT2D eigenvalue weighted by molar-refractivity contribution is 0.0523. The van der Waals surface area contributed by atoms with E-state index in [9.17, 15) is 13.2 Å². The van der Waals surface area contributed by atoms with Gasteiger partial charge in [-0.25, -0.2) is 13.2 Å². The zero-order valence-corrected chi connectivity index (χ0v) is 19.0. The van der Waals surface area contributed by atoms with Crippen LogP contribution in [0.5, 0.6) is 11.5 Å². The first kappa shape index (κ1) is 23.6. The lowest BCUT2D eigenvalue weighted by atomic mass is 10.2. The fraction of sp³-hybridized carbons (Fsp3) is 0.350. The number of nitrogens with one attached hydrogen (secondary N) is 2. The first-order valence-corrected chi connectivity index (χ1v) is 10.8. The summed E-state index contributed by atoms with van der Waals surface area (Å²) in [4.78, 5) is 11.8. The summed E-state index contributed by atoms with van der Waals surface area (Å²) in [7, 11) is -1.06. The van der Waals surface area contributed by atoms with Crippen LogP contribution in [-0.4, -0.2) is 34.3 Å². The molecule has 0 aliphatic rings. The smallest absolute Gasteiger partial charge is 0.407 e. The van der Waals surface area contributed by atoms with Crippen molar-refractivity contribution in [2.75, 3.05) is 18.9 Å². The number of anilines is 1. The van der Waals surface area contributed by atoms with E-state index in [2.05, 4.69) is 10.0 Å². The van der Waals surface area contributed by atoms with E-state index < -0.39 is 21.7 Å². The average molecular weight is 457 g/mol. The fourth-order valence-corrected chi connectivity index (χ4v) is 3.71. The Morgan fingerprint density at radius 1 is 1.03 bits per heavy atom. The Morgan fingerprint density at radius 3 is 2.17 bits per heavy atom. The van der Waals surface area contributed by atoms with Gasteiger partial charge in [0.2, 0.25) is 0 Å². The first-order valence-electron chi connectivity index (χ1n) is 8.95. The molecule has 2 aromatic rings. The summed E-state index contributed by atoms with van der Waals surface area (Å²) in [5, 5.41) is 2.91. The summed E-state index contributed by atoms with van der Waals surface area (Å²) in [6.07, 6.45) is -0.551. The summed E-state index contributed by atoms with van der Waals surface area (Å²) in [5.74, 6) is 0.557. The van der Waals surface area contributed by atoms with Gasteiger partial charge in [-0.2, -0.15) is 0 Å². The molecule has 8 nitrogen and oxygen atoms in total. The number of benzene rings is 2. The summed E-state index contributed by atoms with van der Waals surface area (Å²) in [6, 6.07) is 8.99. The average Bonchev–Trinajstić information content (AvgIpc) is 2.66. The third-order valence-corrected chi connectivity index (χ3v) is 5.46. The molecular weight excluding hydrogens is 432 g/mol. The van der Waals surface area contributed by atoms with Gasteiger partial charge in [0.1, 0.15) is 17.1 Å². The van der Waals surface area contributed by atoms with Crippen molar-refractivity contribution in [3.8, 4) is 11.5 Å². The van der Waals surface area contributed by atoms with E-state index in [1.807, 2.05) is 0 Å². The van der Waals surface area contributed by atoms with E-state index in [0.29, 0.717) is 16.3 Å². The highest BCUT2D eigenvalue weighted by Gasteiger charge is 2.19. The van der Waals surface area contributed by atoms with Gasteiger partial charge in [-0.1, -0.05) is 23.7 Å². The standard InChI is InChI=1S/C20H25ClN2O6S/c1-20(2,3)29-19(24)22-12-13-6-8-14(9-7-13)30(25,26)23-16-11-17(27-4)15(21)10-18(16)28-5/h6-11,23H,12H2,1-5H3,(H,22,24). The molecule has 30 heavy (non-hydrogen) atoms. The minimum atomic E-state index is -3.90. The first-order chi connectivity index (χ1) is 13.9. The Bertz CT molecular complexity index is 1000. The van der Waals surface area contributed by atoms with Crippen molar-refractivity contribution in [2.24, 2.45) is 0 Å². The number of hydrogen-bond acceptors (Lipinski definition) is 6. The van der Waals surface area contributed by atoms with Crippen LogP contribution < -0.4 is 19.5 Å². The van der Waals surface area contributed by atoms with Gasteiger partial charge in [0.05, 0.1) is 29.8 Å². The summed E-state index contributed by atoms with van der Waals surface area (Å²) < 4.78 is 43.5. The summed E-state index contributed by atoms with van der Waals surface area (Å²) in [6.45, 7) is 5.50. The van der Waals surface area contributed by atoms with Gasteiger partial charge in [-0.05, 0) is 38.5 Å². The van der Waals surface area contributed by atoms with Crippen LogP contribution in [0.2, 0.25) is 5.02 Å². The molecule has 0 bridgehead atoms. The number of hydrogen-bond donors (Lipinski definition) is 2. The van der Waals surface area contributed by atoms with Crippen molar-refractivity contribution in [2.45, 2.75) is 37.8 Å². The zero-order valence-electron chi connectivity index (χ0n) is 17.4. The lowest BCUT2D eigenvalue weighted by Gasteiger charge is -2.19. The molecule has 164 valence electrons. The van der Waals surface area contributed by atoms with Crippen molar-refractivity contribution in [1.82, 2.24) is 5.32 Å².